The summed E-state index contributed by atoms with van der Waals surface area (Å²) in [4.78, 5) is 30.9. The summed E-state index contributed by atoms with van der Waals surface area (Å²) < 4.78 is 1.82. The number of H-pyrrole nitrogens is 1. The molecule has 7 nitrogen and oxygen atoms in total. The second-order valence-electron chi connectivity index (χ2n) is 6.91. The number of aromatic amines is 1. The second-order valence-corrected chi connectivity index (χ2v) is 7.93. The van der Waals surface area contributed by atoms with Gasteiger partial charge in [0, 0.05) is 12.4 Å². The molecule has 0 atom stereocenters. The topological polar surface area (TPSA) is 91.1 Å². The summed E-state index contributed by atoms with van der Waals surface area (Å²) in [7, 11) is 0. The molecule has 0 saturated heterocycles. The molecule has 2 N–H and O–H groups in total. The van der Waals surface area contributed by atoms with Crippen molar-refractivity contribution in [2.24, 2.45) is 5.10 Å². The SMILES string of the molecule is CC(C)(C)c1cc[n+](-c2[nH]c(=O)sc2C=NNC(=O)c2cccnc2)cc1. The molecule has 3 rings (SSSR count). The fourth-order valence-corrected chi connectivity index (χ4v) is 3.10. The number of aromatic nitrogens is 3. The van der Waals surface area contributed by atoms with Crippen LogP contribution in [-0.2, 0) is 5.41 Å². The Morgan fingerprint density at radius 2 is 2.04 bits per heavy atom. The fourth-order valence-electron chi connectivity index (χ4n) is 2.40. The van der Waals surface area contributed by atoms with E-state index in [9.17, 15) is 9.59 Å². The van der Waals surface area contributed by atoms with E-state index < -0.39 is 0 Å². The van der Waals surface area contributed by atoms with Crippen molar-refractivity contribution in [3.63, 3.8) is 0 Å². The van der Waals surface area contributed by atoms with Gasteiger partial charge in [-0.1, -0.05) is 20.8 Å². The summed E-state index contributed by atoms with van der Waals surface area (Å²) in [5.41, 5.74) is 4.08. The minimum atomic E-state index is -0.369. The van der Waals surface area contributed by atoms with E-state index >= 15 is 0 Å². The fraction of sp³-hybridized carbons (Fsp3) is 0.211. The molecule has 1 amide bonds. The Bertz CT molecular complexity index is 1010. The Kier molecular flexibility index (Phi) is 5.27. The molecule has 0 radical (unpaired) electrons. The Labute approximate surface area is 160 Å². The monoisotopic (exact) mass is 382 g/mol. The van der Waals surface area contributed by atoms with Crippen molar-refractivity contribution in [3.8, 4) is 5.82 Å². The van der Waals surface area contributed by atoms with E-state index in [1.165, 1.54) is 18.0 Å². The van der Waals surface area contributed by atoms with E-state index in [-0.39, 0.29) is 16.2 Å². The highest BCUT2D eigenvalue weighted by Gasteiger charge is 2.18. The lowest BCUT2D eigenvalue weighted by Crippen LogP contribution is -2.32. The van der Waals surface area contributed by atoms with Gasteiger partial charge < -0.3 is 0 Å². The number of hydrogen-bond donors (Lipinski definition) is 2. The maximum absolute atomic E-state index is 12.0. The molecule has 0 saturated carbocycles. The molecule has 3 aromatic rings. The van der Waals surface area contributed by atoms with Gasteiger partial charge in [0.15, 0.2) is 0 Å². The highest BCUT2D eigenvalue weighted by Crippen LogP contribution is 2.20. The van der Waals surface area contributed by atoms with Crippen molar-refractivity contribution < 1.29 is 9.36 Å². The van der Waals surface area contributed by atoms with Crippen LogP contribution in [0.4, 0.5) is 0 Å². The van der Waals surface area contributed by atoms with Gasteiger partial charge in [-0.05, 0) is 46.6 Å². The van der Waals surface area contributed by atoms with Crippen molar-refractivity contribution in [3.05, 3.63) is 74.7 Å². The van der Waals surface area contributed by atoms with Gasteiger partial charge in [-0.25, -0.2) is 14.8 Å². The summed E-state index contributed by atoms with van der Waals surface area (Å²) in [6.45, 7) is 6.42. The number of hydrazone groups is 1. The Morgan fingerprint density at radius 3 is 2.67 bits per heavy atom. The van der Waals surface area contributed by atoms with Crippen LogP contribution in [0.1, 0.15) is 41.6 Å². The first-order valence-corrected chi connectivity index (χ1v) is 9.15. The van der Waals surface area contributed by atoms with E-state index in [4.69, 9.17) is 0 Å². The lowest BCUT2D eigenvalue weighted by molar-refractivity contribution is -0.599. The highest BCUT2D eigenvalue weighted by molar-refractivity contribution is 7.11. The minimum absolute atomic E-state index is 0.0437. The Balaban J connectivity index is 1.80. The van der Waals surface area contributed by atoms with Crippen molar-refractivity contribution in [2.75, 3.05) is 0 Å². The number of rotatable bonds is 4. The molecule has 27 heavy (non-hydrogen) atoms. The van der Waals surface area contributed by atoms with Crippen molar-refractivity contribution in [2.45, 2.75) is 26.2 Å². The Hall–Kier alpha value is -3.13. The number of thiazole rings is 1. The number of hydrogen-bond acceptors (Lipinski definition) is 5. The summed E-state index contributed by atoms with van der Waals surface area (Å²) in [5.74, 6) is 0.232. The summed E-state index contributed by atoms with van der Waals surface area (Å²) in [5, 5.41) is 3.96. The van der Waals surface area contributed by atoms with Gasteiger partial charge in [-0.2, -0.15) is 10.1 Å². The quantitative estimate of drug-likeness (QED) is 0.412. The van der Waals surface area contributed by atoms with Crippen LogP contribution in [0, 0.1) is 0 Å². The normalized spacial score (nSPS) is 11.7. The van der Waals surface area contributed by atoms with Crippen LogP contribution in [0.2, 0.25) is 0 Å². The van der Waals surface area contributed by atoms with Crippen LogP contribution in [0.5, 0.6) is 0 Å². The molecule has 3 heterocycles. The smallest absolute Gasteiger partial charge is 0.267 e. The summed E-state index contributed by atoms with van der Waals surface area (Å²) in [6.07, 6.45) is 8.29. The average molecular weight is 382 g/mol. The molecule has 0 spiro atoms. The third-order valence-electron chi connectivity index (χ3n) is 3.88. The minimum Gasteiger partial charge on any atom is -0.267 e. The first kappa shape index (κ1) is 18.7. The molecule has 3 aromatic heterocycles. The van der Waals surface area contributed by atoms with Crippen LogP contribution in [0.15, 0.2) is 58.9 Å². The third-order valence-corrected chi connectivity index (χ3v) is 4.69. The van der Waals surface area contributed by atoms with Gasteiger partial charge in [0.05, 0.1) is 24.2 Å². The first-order chi connectivity index (χ1) is 12.8. The molecule has 0 unspecified atom stereocenters. The maximum Gasteiger partial charge on any atom is 0.390 e. The summed E-state index contributed by atoms with van der Waals surface area (Å²) >= 11 is 1.02. The highest BCUT2D eigenvalue weighted by atomic mass is 32.1. The molecule has 0 fully saturated rings. The van der Waals surface area contributed by atoms with E-state index in [2.05, 4.69) is 41.3 Å². The first-order valence-electron chi connectivity index (χ1n) is 8.33. The van der Waals surface area contributed by atoms with Crippen LogP contribution in [0.3, 0.4) is 0 Å². The number of carbonyl (C=O) groups is 1. The van der Waals surface area contributed by atoms with Gasteiger partial charge in [0.25, 0.3) is 5.91 Å². The molecular weight excluding hydrogens is 362 g/mol. The lowest BCUT2D eigenvalue weighted by Gasteiger charge is -2.18. The van der Waals surface area contributed by atoms with Gasteiger partial charge in [-0.3, -0.25) is 9.78 Å². The number of pyridine rings is 2. The van der Waals surface area contributed by atoms with E-state index in [0.717, 1.165) is 11.3 Å². The van der Waals surface area contributed by atoms with Crippen LogP contribution in [-0.4, -0.2) is 22.1 Å². The molecule has 0 aliphatic carbocycles. The van der Waals surface area contributed by atoms with Gasteiger partial charge >= 0.3 is 10.7 Å². The van der Waals surface area contributed by atoms with Crippen LogP contribution >= 0.6 is 11.3 Å². The predicted octanol–water partition coefficient (Wildman–Crippen LogP) is 2.17. The third kappa shape index (κ3) is 4.53. The van der Waals surface area contributed by atoms with E-state index in [0.29, 0.717) is 16.3 Å². The van der Waals surface area contributed by atoms with Gasteiger partial charge in [0.1, 0.15) is 4.88 Å². The molecular formula is C19H20N5O2S+. The molecule has 0 bridgehead atoms. The number of nitrogens with one attached hydrogen (secondary N) is 2. The van der Waals surface area contributed by atoms with Crippen LogP contribution < -0.4 is 14.9 Å². The van der Waals surface area contributed by atoms with Crippen molar-refractivity contribution in [1.82, 2.24) is 15.4 Å². The molecule has 0 aromatic carbocycles. The van der Waals surface area contributed by atoms with E-state index in [1.54, 1.807) is 18.3 Å². The Morgan fingerprint density at radius 1 is 1.30 bits per heavy atom. The molecule has 0 aliphatic rings. The van der Waals surface area contributed by atoms with Crippen LogP contribution in [0.25, 0.3) is 5.82 Å². The average Bonchev–Trinajstić information content (AvgIpc) is 3.02. The summed E-state index contributed by atoms with van der Waals surface area (Å²) in [6, 6.07) is 7.35. The zero-order valence-electron chi connectivity index (χ0n) is 15.3. The molecule has 8 heteroatoms. The van der Waals surface area contributed by atoms with Gasteiger partial charge in [0.2, 0.25) is 0 Å². The van der Waals surface area contributed by atoms with Gasteiger partial charge in [-0.15, -0.1) is 0 Å². The molecule has 138 valence electrons. The van der Waals surface area contributed by atoms with Crippen molar-refractivity contribution in [1.29, 1.82) is 0 Å². The van der Waals surface area contributed by atoms with Crippen molar-refractivity contribution >= 4 is 23.5 Å². The second kappa shape index (κ2) is 7.63. The zero-order valence-corrected chi connectivity index (χ0v) is 16.1. The largest absolute Gasteiger partial charge is 0.390 e. The predicted molar refractivity (Wildman–Crippen MR) is 104 cm³/mol. The standard InChI is InChI=1S/C19H19N5O2S/c1-19(2,3)14-6-9-24(10-7-14)16-15(27-18(26)22-16)12-21-23-17(25)13-5-4-8-20-11-13/h4-12H,1-3H3,(H-,21,22,23,25,26)/p+1. The lowest BCUT2D eigenvalue weighted by atomic mass is 9.88. The van der Waals surface area contributed by atoms with E-state index in [1.807, 2.05) is 29.1 Å². The molecule has 0 aliphatic heterocycles. The number of carbonyl (C=O) groups excluding carboxylic acids is 1. The maximum atomic E-state index is 12.0. The zero-order chi connectivity index (χ0) is 19.4. The number of nitrogens with zero attached hydrogens (tertiary/aromatic N) is 3. The number of amides is 1.